The molecule has 33 heavy (non-hydrogen) atoms. The quantitative estimate of drug-likeness (QED) is 0.365. The maximum absolute atomic E-state index is 13.3. The lowest BCUT2D eigenvalue weighted by atomic mass is 10.1. The Labute approximate surface area is 193 Å². The molecule has 0 amide bonds. The molecule has 0 saturated carbocycles. The topological polar surface area (TPSA) is 76.7 Å². The van der Waals surface area contributed by atoms with Crippen LogP contribution in [0.4, 0.5) is 13.2 Å². The third-order valence-corrected chi connectivity index (χ3v) is 5.50. The van der Waals surface area contributed by atoms with Gasteiger partial charge in [-0.2, -0.15) is 22.9 Å². The smallest absolute Gasteiger partial charge is 0.416 e. The second kappa shape index (κ2) is 8.70. The first-order chi connectivity index (χ1) is 15.7. The van der Waals surface area contributed by atoms with Crippen LogP contribution in [-0.4, -0.2) is 28.1 Å². The number of phenols is 1. The van der Waals surface area contributed by atoms with Gasteiger partial charge >= 0.3 is 6.18 Å². The lowest BCUT2D eigenvalue weighted by Crippen LogP contribution is -2.20. The fourth-order valence-electron chi connectivity index (χ4n) is 3.19. The highest BCUT2D eigenvalue weighted by Crippen LogP contribution is 2.33. The molecule has 3 aromatic carbocycles. The van der Waals surface area contributed by atoms with E-state index in [9.17, 15) is 23.1 Å². The lowest BCUT2D eigenvalue weighted by Gasteiger charge is -2.12. The number of ether oxygens (including phenoxy) is 1. The molecule has 0 unspecified atom stereocenters. The molecule has 1 aromatic heterocycles. The van der Waals surface area contributed by atoms with Crippen molar-refractivity contribution in [3.63, 3.8) is 0 Å². The molecule has 0 saturated heterocycles. The summed E-state index contributed by atoms with van der Waals surface area (Å²) in [6, 6.07) is 13.9. The van der Waals surface area contributed by atoms with Gasteiger partial charge in [0, 0.05) is 15.6 Å². The fourth-order valence-corrected chi connectivity index (χ4v) is 3.63. The van der Waals surface area contributed by atoms with Crippen molar-refractivity contribution in [1.82, 2.24) is 9.66 Å². The van der Waals surface area contributed by atoms with Gasteiger partial charge in [0.15, 0.2) is 17.3 Å². The summed E-state index contributed by atoms with van der Waals surface area (Å²) in [6.45, 7) is 0. The van der Waals surface area contributed by atoms with Crippen LogP contribution in [0.1, 0.15) is 11.1 Å². The summed E-state index contributed by atoms with van der Waals surface area (Å²) < 4.78 is 46.3. The molecule has 168 valence electrons. The van der Waals surface area contributed by atoms with E-state index in [2.05, 4.69) is 26.0 Å². The molecular weight excluding hydrogens is 503 g/mol. The minimum Gasteiger partial charge on any atom is -0.504 e. The van der Waals surface area contributed by atoms with Gasteiger partial charge in [0.05, 0.1) is 29.8 Å². The Morgan fingerprint density at radius 3 is 2.61 bits per heavy atom. The Morgan fingerprint density at radius 1 is 1.12 bits per heavy atom. The summed E-state index contributed by atoms with van der Waals surface area (Å²) >= 11 is 3.30. The first-order valence-electron chi connectivity index (χ1n) is 9.49. The van der Waals surface area contributed by atoms with Crippen molar-refractivity contribution in [2.75, 3.05) is 7.11 Å². The SMILES string of the molecule is COc1cc(C=Nn2c(-c3cccc(C(F)(F)F)c3)nc3ccccc3c2=O)c(Br)cc1O. The maximum Gasteiger partial charge on any atom is 0.416 e. The normalized spacial score (nSPS) is 11.9. The second-order valence-electron chi connectivity index (χ2n) is 6.94. The van der Waals surface area contributed by atoms with Crippen LogP contribution in [0.5, 0.6) is 11.5 Å². The van der Waals surface area contributed by atoms with Crippen molar-refractivity contribution in [3.05, 3.63) is 86.6 Å². The number of fused-ring (bicyclic) bond motifs is 1. The summed E-state index contributed by atoms with van der Waals surface area (Å²) in [5, 5.41) is 14.4. The maximum atomic E-state index is 13.3. The van der Waals surface area contributed by atoms with Gasteiger partial charge in [0.1, 0.15) is 0 Å². The number of hydrogen-bond donors (Lipinski definition) is 1. The van der Waals surface area contributed by atoms with Crippen LogP contribution in [0.15, 0.2) is 75.0 Å². The Hall–Kier alpha value is -3.66. The molecule has 1 N–H and O–H groups in total. The van der Waals surface area contributed by atoms with E-state index in [0.29, 0.717) is 15.6 Å². The number of phenolic OH excluding ortho intramolecular Hbond substituents is 1. The molecule has 0 aliphatic heterocycles. The van der Waals surface area contributed by atoms with Gasteiger partial charge in [-0.3, -0.25) is 4.79 Å². The number of aromatic hydroxyl groups is 1. The van der Waals surface area contributed by atoms with Gasteiger partial charge in [-0.15, -0.1) is 0 Å². The predicted octanol–water partition coefficient (Wildman–Crippen LogP) is 5.44. The number of halogens is 4. The number of methoxy groups -OCH3 is 1. The zero-order chi connectivity index (χ0) is 23.8. The number of benzene rings is 3. The molecule has 10 heteroatoms. The molecule has 4 aromatic rings. The Bertz CT molecular complexity index is 1450. The van der Waals surface area contributed by atoms with Gasteiger partial charge in [0.25, 0.3) is 5.56 Å². The van der Waals surface area contributed by atoms with Crippen LogP contribution >= 0.6 is 15.9 Å². The highest BCUT2D eigenvalue weighted by atomic mass is 79.9. The van der Waals surface area contributed by atoms with E-state index in [0.717, 1.165) is 16.8 Å². The molecule has 0 radical (unpaired) electrons. The highest BCUT2D eigenvalue weighted by Gasteiger charge is 2.31. The zero-order valence-electron chi connectivity index (χ0n) is 17.0. The summed E-state index contributed by atoms with van der Waals surface area (Å²) in [4.78, 5) is 17.6. The number of nitrogens with zero attached hydrogens (tertiary/aromatic N) is 3. The van der Waals surface area contributed by atoms with E-state index < -0.39 is 17.3 Å². The number of hydrogen-bond acceptors (Lipinski definition) is 5. The average Bonchev–Trinajstić information content (AvgIpc) is 2.79. The third kappa shape index (κ3) is 4.47. The van der Waals surface area contributed by atoms with Crippen LogP contribution in [-0.2, 0) is 6.18 Å². The second-order valence-corrected chi connectivity index (χ2v) is 7.79. The molecule has 0 bridgehead atoms. The molecule has 1 heterocycles. The molecule has 0 aliphatic carbocycles. The van der Waals surface area contributed by atoms with Crippen LogP contribution in [0.3, 0.4) is 0 Å². The molecule has 0 spiro atoms. The number of aromatic nitrogens is 2. The van der Waals surface area contributed by atoms with Crippen molar-refractivity contribution in [2.24, 2.45) is 5.10 Å². The van der Waals surface area contributed by atoms with Crippen LogP contribution in [0, 0.1) is 0 Å². The van der Waals surface area contributed by atoms with E-state index >= 15 is 0 Å². The van der Waals surface area contributed by atoms with Gasteiger partial charge in [-0.1, -0.05) is 24.3 Å². The Morgan fingerprint density at radius 2 is 1.88 bits per heavy atom. The molecular formula is C23H15BrF3N3O3. The van der Waals surface area contributed by atoms with Gasteiger partial charge < -0.3 is 9.84 Å². The van der Waals surface area contributed by atoms with E-state index in [-0.39, 0.29) is 28.3 Å². The van der Waals surface area contributed by atoms with Crippen molar-refractivity contribution in [3.8, 4) is 22.9 Å². The number of para-hydroxylation sites is 1. The van der Waals surface area contributed by atoms with E-state index in [1.165, 1.54) is 37.6 Å². The fraction of sp³-hybridized carbons (Fsp3) is 0.0870. The van der Waals surface area contributed by atoms with Gasteiger partial charge in [-0.05, 0) is 52.3 Å². The van der Waals surface area contributed by atoms with Crippen LogP contribution < -0.4 is 10.3 Å². The van der Waals surface area contributed by atoms with E-state index in [1.807, 2.05) is 0 Å². The number of rotatable bonds is 4. The first-order valence-corrected chi connectivity index (χ1v) is 10.3. The number of alkyl halides is 3. The van der Waals surface area contributed by atoms with E-state index in [4.69, 9.17) is 4.74 Å². The van der Waals surface area contributed by atoms with E-state index in [1.54, 1.807) is 24.3 Å². The summed E-state index contributed by atoms with van der Waals surface area (Å²) in [6.07, 6.45) is -3.24. The summed E-state index contributed by atoms with van der Waals surface area (Å²) in [5.74, 6) is 0.0281. The van der Waals surface area contributed by atoms with Gasteiger partial charge in [0.2, 0.25) is 0 Å². The summed E-state index contributed by atoms with van der Waals surface area (Å²) in [5.41, 5.74) is -0.559. The molecule has 0 atom stereocenters. The van der Waals surface area contributed by atoms with Crippen molar-refractivity contribution >= 4 is 33.0 Å². The zero-order valence-corrected chi connectivity index (χ0v) is 18.6. The van der Waals surface area contributed by atoms with Crippen molar-refractivity contribution in [2.45, 2.75) is 6.18 Å². The Kier molecular flexibility index (Phi) is 5.94. The highest BCUT2D eigenvalue weighted by molar-refractivity contribution is 9.10. The monoisotopic (exact) mass is 517 g/mol. The molecule has 0 fully saturated rings. The lowest BCUT2D eigenvalue weighted by molar-refractivity contribution is -0.137. The predicted molar refractivity (Wildman–Crippen MR) is 122 cm³/mol. The Balaban J connectivity index is 1.94. The summed E-state index contributed by atoms with van der Waals surface area (Å²) in [7, 11) is 1.38. The minimum atomic E-state index is -4.56. The third-order valence-electron chi connectivity index (χ3n) is 4.81. The average molecular weight is 518 g/mol. The van der Waals surface area contributed by atoms with Crippen molar-refractivity contribution in [1.29, 1.82) is 0 Å². The van der Waals surface area contributed by atoms with Crippen molar-refractivity contribution < 1.29 is 23.0 Å². The van der Waals surface area contributed by atoms with Crippen LogP contribution in [0.2, 0.25) is 0 Å². The molecule has 6 nitrogen and oxygen atoms in total. The molecule has 0 aliphatic rings. The first kappa shape index (κ1) is 22.5. The minimum absolute atomic E-state index is 0.0529. The largest absolute Gasteiger partial charge is 0.504 e. The van der Waals surface area contributed by atoms with Crippen LogP contribution in [0.25, 0.3) is 22.3 Å². The standard InChI is InChI=1S/C23H15BrF3N3O3/c1-33-20-10-14(17(24)11-19(20)31)12-28-30-21(13-5-4-6-15(9-13)23(25,26)27)29-18-8-3-2-7-16(18)22(30)32/h2-12,31H,1H3. The van der Waals surface area contributed by atoms with Gasteiger partial charge in [-0.25, -0.2) is 4.98 Å². The molecule has 4 rings (SSSR count).